The van der Waals surface area contributed by atoms with Gasteiger partial charge in [-0.2, -0.15) is 0 Å². The molecule has 0 saturated carbocycles. The maximum atomic E-state index is 5.43. The van der Waals surface area contributed by atoms with Gasteiger partial charge in [-0.15, -0.1) is 0 Å². The van der Waals surface area contributed by atoms with Crippen molar-refractivity contribution in [1.29, 1.82) is 0 Å². The fraction of sp³-hybridized carbons (Fsp3) is 0.500. The highest BCUT2D eigenvalue weighted by atomic mass is 32.1. The number of aryl methyl sites for hydroxylation is 1. The molecule has 0 aliphatic rings. The van der Waals surface area contributed by atoms with Crippen molar-refractivity contribution in [2.24, 2.45) is 0 Å². The van der Waals surface area contributed by atoms with Crippen LogP contribution in [0.25, 0.3) is 11.0 Å². The summed E-state index contributed by atoms with van der Waals surface area (Å²) in [6.07, 6.45) is 0. The van der Waals surface area contributed by atoms with E-state index >= 15 is 0 Å². The zero-order valence-corrected chi connectivity index (χ0v) is 12.2. The van der Waals surface area contributed by atoms with Crippen molar-refractivity contribution >= 4 is 23.3 Å². The third-order valence-electron chi connectivity index (χ3n) is 3.53. The van der Waals surface area contributed by atoms with E-state index in [0.29, 0.717) is 0 Å². The molecule has 0 radical (unpaired) electrons. The van der Waals surface area contributed by atoms with E-state index in [-0.39, 0.29) is 0 Å². The van der Waals surface area contributed by atoms with Crippen LogP contribution in [0.1, 0.15) is 19.4 Å². The van der Waals surface area contributed by atoms with Crippen molar-refractivity contribution < 1.29 is 0 Å². The van der Waals surface area contributed by atoms with Gasteiger partial charge in [0.2, 0.25) is 0 Å². The van der Waals surface area contributed by atoms with Gasteiger partial charge in [-0.05, 0) is 43.9 Å². The number of H-pyrrole nitrogens is 1. The highest BCUT2D eigenvalue weighted by Crippen LogP contribution is 2.18. The predicted molar refractivity (Wildman–Crippen MR) is 79.6 cm³/mol. The van der Waals surface area contributed by atoms with Crippen LogP contribution in [0.2, 0.25) is 0 Å². The van der Waals surface area contributed by atoms with Gasteiger partial charge in [0.15, 0.2) is 4.77 Å². The summed E-state index contributed by atoms with van der Waals surface area (Å²) in [5.41, 5.74) is 3.66. The van der Waals surface area contributed by atoms with Crippen molar-refractivity contribution in [3.8, 4) is 0 Å². The van der Waals surface area contributed by atoms with Crippen LogP contribution in [0.3, 0.4) is 0 Å². The Morgan fingerprint density at radius 1 is 1.28 bits per heavy atom. The molecule has 0 amide bonds. The number of aromatic amines is 1. The standard InChI is InChI=1S/C14H21N3S/c1-4-16(5-2)9-10-17-13-11(3)7-6-8-12(13)15-14(17)18/h6-8H,4-5,9-10H2,1-3H3,(H,15,18). The van der Waals surface area contributed by atoms with Crippen molar-refractivity contribution in [2.45, 2.75) is 27.3 Å². The molecule has 0 bridgehead atoms. The zero-order chi connectivity index (χ0) is 13.1. The molecule has 1 N–H and O–H groups in total. The van der Waals surface area contributed by atoms with Gasteiger partial charge in [-0.25, -0.2) is 0 Å². The van der Waals surface area contributed by atoms with E-state index < -0.39 is 0 Å². The molecule has 0 aliphatic heterocycles. The van der Waals surface area contributed by atoms with Crippen LogP contribution in [0.5, 0.6) is 0 Å². The van der Waals surface area contributed by atoms with E-state index in [1.807, 2.05) is 0 Å². The van der Waals surface area contributed by atoms with E-state index in [2.05, 4.69) is 53.4 Å². The number of benzene rings is 1. The minimum absolute atomic E-state index is 0.825. The number of hydrogen-bond acceptors (Lipinski definition) is 2. The van der Waals surface area contributed by atoms with Gasteiger partial charge in [0.1, 0.15) is 0 Å². The van der Waals surface area contributed by atoms with E-state index in [9.17, 15) is 0 Å². The van der Waals surface area contributed by atoms with Gasteiger partial charge in [0.25, 0.3) is 0 Å². The normalized spacial score (nSPS) is 11.6. The van der Waals surface area contributed by atoms with Crippen molar-refractivity contribution in [1.82, 2.24) is 14.5 Å². The zero-order valence-electron chi connectivity index (χ0n) is 11.4. The second-order valence-corrected chi connectivity index (χ2v) is 4.97. The molecule has 18 heavy (non-hydrogen) atoms. The number of fused-ring (bicyclic) bond motifs is 1. The van der Waals surface area contributed by atoms with Crippen LogP contribution < -0.4 is 0 Å². The number of rotatable bonds is 5. The topological polar surface area (TPSA) is 24.0 Å². The van der Waals surface area contributed by atoms with Crippen LogP contribution in [-0.2, 0) is 6.54 Å². The quantitative estimate of drug-likeness (QED) is 0.836. The average Bonchev–Trinajstić information content (AvgIpc) is 2.68. The first-order valence-corrected chi connectivity index (χ1v) is 6.98. The molecule has 98 valence electrons. The third kappa shape index (κ3) is 2.49. The molecule has 0 saturated heterocycles. The highest BCUT2D eigenvalue weighted by Gasteiger charge is 2.07. The molecule has 0 unspecified atom stereocenters. The Kier molecular flexibility index (Phi) is 4.19. The Hall–Kier alpha value is -1.13. The Morgan fingerprint density at radius 3 is 2.67 bits per heavy atom. The second kappa shape index (κ2) is 5.67. The summed E-state index contributed by atoms with van der Waals surface area (Å²) in [6.45, 7) is 10.7. The third-order valence-corrected chi connectivity index (χ3v) is 3.85. The largest absolute Gasteiger partial charge is 0.331 e. The number of aromatic nitrogens is 2. The van der Waals surface area contributed by atoms with Gasteiger partial charge >= 0.3 is 0 Å². The predicted octanol–water partition coefficient (Wildman–Crippen LogP) is 3.35. The molecule has 3 nitrogen and oxygen atoms in total. The lowest BCUT2D eigenvalue weighted by molar-refractivity contribution is 0.291. The summed E-state index contributed by atoms with van der Waals surface area (Å²) in [7, 11) is 0. The molecular formula is C14H21N3S. The first kappa shape index (κ1) is 13.3. The Labute approximate surface area is 113 Å². The van der Waals surface area contributed by atoms with Crippen LogP contribution >= 0.6 is 12.2 Å². The van der Waals surface area contributed by atoms with Gasteiger partial charge < -0.3 is 14.5 Å². The molecule has 0 aliphatic carbocycles. The van der Waals surface area contributed by atoms with Gasteiger partial charge in [0.05, 0.1) is 11.0 Å². The molecule has 1 aromatic heterocycles. The number of hydrogen-bond donors (Lipinski definition) is 1. The maximum Gasteiger partial charge on any atom is 0.178 e. The molecule has 2 rings (SSSR count). The number of para-hydroxylation sites is 1. The van der Waals surface area contributed by atoms with E-state index in [0.717, 1.165) is 36.5 Å². The lowest BCUT2D eigenvalue weighted by Crippen LogP contribution is -2.27. The molecule has 0 fully saturated rings. The Bertz CT molecular complexity index is 578. The SMILES string of the molecule is CCN(CC)CCn1c(=S)[nH]c2cccc(C)c21. The second-order valence-electron chi connectivity index (χ2n) is 4.58. The van der Waals surface area contributed by atoms with Crippen LogP contribution in [0.15, 0.2) is 18.2 Å². The van der Waals surface area contributed by atoms with Gasteiger partial charge in [-0.3, -0.25) is 0 Å². The monoisotopic (exact) mass is 263 g/mol. The smallest absolute Gasteiger partial charge is 0.178 e. The molecule has 0 spiro atoms. The van der Waals surface area contributed by atoms with E-state index in [1.54, 1.807) is 0 Å². The number of nitrogens with zero attached hydrogens (tertiary/aromatic N) is 2. The summed E-state index contributed by atoms with van der Waals surface area (Å²) in [4.78, 5) is 5.70. The maximum absolute atomic E-state index is 5.43. The number of likely N-dealkylation sites (N-methyl/N-ethyl adjacent to an activating group) is 1. The van der Waals surface area contributed by atoms with Crippen LogP contribution in [0, 0.1) is 11.7 Å². The summed E-state index contributed by atoms with van der Waals surface area (Å²) >= 11 is 5.43. The van der Waals surface area contributed by atoms with Crippen molar-refractivity contribution in [3.05, 3.63) is 28.5 Å². The first-order chi connectivity index (χ1) is 8.67. The number of imidazole rings is 1. The minimum Gasteiger partial charge on any atom is -0.331 e. The lowest BCUT2D eigenvalue weighted by atomic mass is 10.2. The van der Waals surface area contributed by atoms with Gasteiger partial charge in [-0.1, -0.05) is 26.0 Å². The highest BCUT2D eigenvalue weighted by molar-refractivity contribution is 7.71. The van der Waals surface area contributed by atoms with Crippen LogP contribution in [0.4, 0.5) is 0 Å². The summed E-state index contributed by atoms with van der Waals surface area (Å²) in [6, 6.07) is 6.29. The van der Waals surface area contributed by atoms with Crippen molar-refractivity contribution in [3.63, 3.8) is 0 Å². The minimum atomic E-state index is 0.825. The molecule has 2 aromatic rings. The molecular weight excluding hydrogens is 242 g/mol. The lowest BCUT2D eigenvalue weighted by Gasteiger charge is -2.18. The molecule has 1 aromatic carbocycles. The van der Waals surface area contributed by atoms with Gasteiger partial charge in [0, 0.05) is 13.1 Å². The Morgan fingerprint density at radius 2 is 2.00 bits per heavy atom. The summed E-state index contributed by atoms with van der Waals surface area (Å²) < 4.78 is 3.05. The molecule has 0 atom stereocenters. The molecule has 1 heterocycles. The van der Waals surface area contributed by atoms with Crippen molar-refractivity contribution in [2.75, 3.05) is 19.6 Å². The first-order valence-electron chi connectivity index (χ1n) is 6.57. The average molecular weight is 263 g/mol. The van der Waals surface area contributed by atoms with E-state index in [4.69, 9.17) is 12.2 Å². The summed E-state index contributed by atoms with van der Waals surface area (Å²) in [5.74, 6) is 0. The van der Waals surface area contributed by atoms with Crippen LogP contribution in [-0.4, -0.2) is 34.1 Å². The van der Waals surface area contributed by atoms with E-state index in [1.165, 1.54) is 11.1 Å². The molecule has 4 heteroatoms. The Balaban J connectivity index is 2.33. The number of nitrogens with one attached hydrogen (secondary N) is 1. The fourth-order valence-corrected chi connectivity index (χ4v) is 2.69. The fourth-order valence-electron chi connectivity index (χ4n) is 2.40. The summed E-state index contributed by atoms with van der Waals surface area (Å²) in [5, 5.41) is 0.